The maximum absolute atomic E-state index is 5.46. The highest BCUT2D eigenvalue weighted by Crippen LogP contribution is 2.17. The van der Waals surface area contributed by atoms with Gasteiger partial charge in [-0.3, -0.25) is 0 Å². The van der Waals surface area contributed by atoms with Crippen LogP contribution in [0.25, 0.3) is 0 Å². The van der Waals surface area contributed by atoms with Gasteiger partial charge in [0.15, 0.2) is 0 Å². The molecular formula is C15H26N2. The number of benzene rings is 1. The number of hydrogen-bond acceptors (Lipinski definition) is 2. The molecule has 0 aliphatic heterocycles. The van der Waals surface area contributed by atoms with Gasteiger partial charge in [0, 0.05) is 0 Å². The monoisotopic (exact) mass is 234 g/mol. The SMILES string of the molecule is Cc1ccc(CCNCCCCN)c(C)c1C. The highest BCUT2D eigenvalue weighted by Gasteiger charge is 2.02. The third-order valence-electron chi connectivity index (χ3n) is 3.55. The lowest BCUT2D eigenvalue weighted by atomic mass is 9.97. The molecule has 0 heterocycles. The van der Waals surface area contributed by atoms with Gasteiger partial charge in [-0.05, 0) is 81.9 Å². The molecule has 0 atom stereocenters. The fourth-order valence-electron chi connectivity index (χ4n) is 2.03. The van der Waals surface area contributed by atoms with Gasteiger partial charge >= 0.3 is 0 Å². The molecule has 0 amide bonds. The topological polar surface area (TPSA) is 38.0 Å². The van der Waals surface area contributed by atoms with E-state index >= 15 is 0 Å². The summed E-state index contributed by atoms with van der Waals surface area (Å²) in [5.41, 5.74) is 11.2. The first-order valence-corrected chi connectivity index (χ1v) is 6.63. The fourth-order valence-corrected chi connectivity index (χ4v) is 2.03. The van der Waals surface area contributed by atoms with Gasteiger partial charge in [0.2, 0.25) is 0 Å². The molecule has 0 saturated heterocycles. The zero-order valence-corrected chi connectivity index (χ0v) is 11.5. The molecule has 0 aliphatic carbocycles. The van der Waals surface area contributed by atoms with Gasteiger partial charge in [0.25, 0.3) is 0 Å². The molecule has 17 heavy (non-hydrogen) atoms. The van der Waals surface area contributed by atoms with Crippen LogP contribution in [0.4, 0.5) is 0 Å². The quantitative estimate of drug-likeness (QED) is 0.711. The highest BCUT2D eigenvalue weighted by atomic mass is 14.8. The Labute approximate surface area is 106 Å². The van der Waals surface area contributed by atoms with Gasteiger partial charge in [0.1, 0.15) is 0 Å². The van der Waals surface area contributed by atoms with E-state index in [1.54, 1.807) is 0 Å². The molecule has 0 radical (unpaired) electrons. The third kappa shape index (κ3) is 4.49. The number of rotatable bonds is 7. The highest BCUT2D eigenvalue weighted by molar-refractivity contribution is 5.38. The average molecular weight is 234 g/mol. The molecular weight excluding hydrogens is 208 g/mol. The molecule has 0 aromatic heterocycles. The van der Waals surface area contributed by atoms with E-state index in [1.807, 2.05) is 0 Å². The summed E-state index contributed by atoms with van der Waals surface area (Å²) in [7, 11) is 0. The van der Waals surface area contributed by atoms with Gasteiger partial charge in [-0.15, -0.1) is 0 Å². The zero-order chi connectivity index (χ0) is 12.7. The Morgan fingerprint density at radius 2 is 1.76 bits per heavy atom. The van der Waals surface area contributed by atoms with Crippen molar-refractivity contribution in [2.45, 2.75) is 40.0 Å². The smallest absolute Gasteiger partial charge is 0.000825 e. The lowest BCUT2D eigenvalue weighted by Gasteiger charge is -2.11. The molecule has 96 valence electrons. The number of unbranched alkanes of at least 4 members (excludes halogenated alkanes) is 1. The van der Waals surface area contributed by atoms with Crippen molar-refractivity contribution >= 4 is 0 Å². The second kappa shape index (κ2) is 7.46. The Kier molecular flexibility index (Phi) is 6.23. The zero-order valence-electron chi connectivity index (χ0n) is 11.5. The summed E-state index contributed by atoms with van der Waals surface area (Å²) in [5.74, 6) is 0. The molecule has 3 N–H and O–H groups in total. The Balaban J connectivity index is 2.35. The van der Waals surface area contributed by atoms with Crippen LogP contribution in [0.3, 0.4) is 0 Å². The maximum Gasteiger partial charge on any atom is -0.000825 e. The summed E-state index contributed by atoms with van der Waals surface area (Å²) in [4.78, 5) is 0. The van der Waals surface area contributed by atoms with Gasteiger partial charge in [-0.1, -0.05) is 12.1 Å². The van der Waals surface area contributed by atoms with Crippen molar-refractivity contribution in [2.24, 2.45) is 5.73 Å². The van der Waals surface area contributed by atoms with E-state index in [-0.39, 0.29) is 0 Å². The molecule has 1 aromatic rings. The van der Waals surface area contributed by atoms with Crippen LogP contribution in [0.2, 0.25) is 0 Å². The second-order valence-electron chi connectivity index (χ2n) is 4.79. The van der Waals surface area contributed by atoms with Crippen LogP contribution in [0.15, 0.2) is 12.1 Å². The van der Waals surface area contributed by atoms with Gasteiger partial charge in [-0.25, -0.2) is 0 Å². The van der Waals surface area contributed by atoms with Crippen LogP contribution in [0, 0.1) is 20.8 Å². The molecule has 1 rings (SSSR count). The van der Waals surface area contributed by atoms with Crippen molar-refractivity contribution < 1.29 is 0 Å². The van der Waals surface area contributed by atoms with E-state index in [0.29, 0.717) is 0 Å². The van der Waals surface area contributed by atoms with E-state index in [9.17, 15) is 0 Å². The lowest BCUT2D eigenvalue weighted by Crippen LogP contribution is -2.19. The summed E-state index contributed by atoms with van der Waals surface area (Å²) in [5, 5.41) is 3.47. The lowest BCUT2D eigenvalue weighted by molar-refractivity contribution is 0.626. The summed E-state index contributed by atoms with van der Waals surface area (Å²) < 4.78 is 0. The molecule has 0 spiro atoms. The number of nitrogens with two attached hydrogens (primary N) is 1. The largest absolute Gasteiger partial charge is 0.330 e. The van der Waals surface area contributed by atoms with Crippen LogP contribution < -0.4 is 11.1 Å². The minimum absolute atomic E-state index is 0.804. The van der Waals surface area contributed by atoms with Crippen molar-refractivity contribution in [3.8, 4) is 0 Å². The van der Waals surface area contributed by atoms with Gasteiger partial charge < -0.3 is 11.1 Å². The molecule has 2 heteroatoms. The Morgan fingerprint density at radius 3 is 2.47 bits per heavy atom. The Bertz CT molecular complexity index is 345. The minimum Gasteiger partial charge on any atom is -0.330 e. The van der Waals surface area contributed by atoms with E-state index < -0.39 is 0 Å². The van der Waals surface area contributed by atoms with Crippen molar-refractivity contribution in [1.29, 1.82) is 0 Å². The molecule has 0 saturated carbocycles. The normalized spacial score (nSPS) is 10.8. The molecule has 0 unspecified atom stereocenters. The average Bonchev–Trinajstić information content (AvgIpc) is 2.33. The number of nitrogens with one attached hydrogen (secondary N) is 1. The van der Waals surface area contributed by atoms with E-state index in [0.717, 1.165) is 32.5 Å². The number of hydrogen-bond donors (Lipinski definition) is 2. The number of aryl methyl sites for hydroxylation is 1. The van der Waals surface area contributed by atoms with Crippen LogP contribution in [0.5, 0.6) is 0 Å². The van der Waals surface area contributed by atoms with Crippen molar-refractivity contribution in [3.05, 3.63) is 34.4 Å². The molecule has 0 bridgehead atoms. The van der Waals surface area contributed by atoms with Crippen LogP contribution >= 0.6 is 0 Å². The first-order valence-electron chi connectivity index (χ1n) is 6.63. The van der Waals surface area contributed by atoms with Crippen LogP contribution in [-0.2, 0) is 6.42 Å². The van der Waals surface area contributed by atoms with E-state index in [1.165, 1.54) is 28.7 Å². The minimum atomic E-state index is 0.804. The molecule has 0 aliphatic rings. The second-order valence-corrected chi connectivity index (χ2v) is 4.79. The summed E-state index contributed by atoms with van der Waals surface area (Å²) in [6, 6.07) is 4.49. The Hall–Kier alpha value is -0.860. The molecule has 1 aromatic carbocycles. The van der Waals surface area contributed by atoms with Crippen molar-refractivity contribution in [1.82, 2.24) is 5.32 Å². The summed E-state index contributed by atoms with van der Waals surface area (Å²) in [6.07, 6.45) is 3.42. The fraction of sp³-hybridized carbons (Fsp3) is 0.600. The summed E-state index contributed by atoms with van der Waals surface area (Å²) in [6.45, 7) is 9.57. The van der Waals surface area contributed by atoms with E-state index in [2.05, 4.69) is 38.2 Å². The molecule has 2 nitrogen and oxygen atoms in total. The maximum atomic E-state index is 5.46. The standard InChI is InChI=1S/C15H26N2/c1-12-6-7-15(14(3)13(12)2)8-11-17-10-5-4-9-16/h6-7,17H,4-5,8-11,16H2,1-3H3. The Morgan fingerprint density at radius 1 is 1.00 bits per heavy atom. The van der Waals surface area contributed by atoms with Crippen LogP contribution in [0.1, 0.15) is 35.1 Å². The predicted molar refractivity (Wildman–Crippen MR) is 75.5 cm³/mol. The first kappa shape index (κ1) is 14.2. The first-order chi connectivity index (χ1) is 8.16. The molecule has 0 fully saturated rings. The van der Waals surface area contributed by atoms with Gasteiger partial charge in [0.05, 0.1) is 0 Å². The third-order valence-corrected chi connectivity index (χ3v) is 3.55. The van der Waals surface area contributed by atoms with Crippen molar-refractivity contribution in [3.63, 3.8) is 0 Å². The van der Waals surface area contributed by atoms with E-state index in [4.69, 9.17) is 5.73 Å². The summed E-state index contributed by atoms with van der Waals surface area (Å²) >= 11 is 0. The van der Waals surface area contributed by atoms with Gasteiger partial charge in [-0.2, -0.15) is 0 Å². The van der Waals surface area contributed by atoms with Crippen LogP contribution in [-0.4, -0.2) is 19.6 Å². The van der Waals surface area contributed by atoms with Crippen molar-refractivity contribution in [2.75, 3.05) is 19.6 Å². The predicted octanol–water partition coefficient (Wildman–Crippen LogP) is 2.48.